The van der Waals surface area contributed by atoms with Gasteiger partial charge in [-0.25, -0.2) is 0 Å². The maximum absolute atomic E-state index is 11.3. The Morgan fingerprint density at radius 2 is 1.38 bits per heavy atom. The zero-order valence-electron chi connectivity index (χ0n) is 16.8. The summed E-state index contributed by atoms with van der Waals surface area (Å²) in [6.07, 6.45) is 16.5. The quantitative estimate of drug-likeness (QED) is 0.166. The molecule has 1 unspecified atom stereocenters. The van der Waals surface area contributed by atoms with Crippen LogP contribution in [0.3, 0.4) is 0 Å². The molecule has 0 aliphatic heterocycles. The van der Waals surface area contributed by atoms with E-state index in [1.807, 2.05) is 0 Å². The maximum Gasteiger partial charge on any atom is 0.266 e. The zero-order chi connectivity index (χ0) is 19.0. The molecular formula is C19H37NNaO4S. The van der Waals surface area contributed by atoms with Crippen molar-refractivity contribution in [3.8, 4) is 0 Å². The number of rotatable bonds is 17. The van der Waals surface area contributed by atoms with Crippen LogP contribution in [0.5, 0.6) is 0 Å². The van der Waals surface area contributed by atoms with E-state index < -0.39 is 27.8 Å². The third-order valence-corrected chi connectivity index (χ3v) is 5.17. The van der Waals surface area contributed by atoms with Gasteiger partial charge >= 0.3 is 0 Å². The SMILES string of the molecule is C=CC(=O)NC(CCCCCCCCCCCCCC)CS(=O)(=O)O.[Na]. The van der Waals surface area contributed by atoms with Gasteiger partial charge in [0.2, 0.25) is 5.91 Å². The summed E-state index contributed by atoms with van der Waals surface area (Å²) in [5, 5.41) is 2.57. The molecule has 0 aliphatic rings. The summed E-state index contributed by atoms with van der Waals surface area (Å²) in [7, 11) is -4.09. The maximum atomic E-state index is 11.3. The largest absolute Gasteiger partial charge is 0.349 e. The minimum Gasteiger partial charge on any atom is -0.349 e. The normalized spacial score (nSPS) is 12.2. The molecular weight excluding hydrogens is 361 g/mol. The van der Waals surface area contributed by atoms with Crippen molar-refractivity contribution < 1.29 is 17.8 Å². The van der Waals surface area contributed by atoms with Crippen LogP contribution in [-0.2, 0) is 14.9 Å². The molecule has 5 nitrogen and oxygen atoms in total. The summed E-state index contributed by atoms with van der Waals surface area (Å²) in [6, 6.07) is -0.552. The van der Waals surface area contributed by atoms with Crippen LogP contribution >= 0.6 is 0 Å². The van der Waals surface area contributed by atoms with E-state index >= 15 is 0 Å². The molecule has 0 saturated carbocycles. The van der Waals surface area contributed by atoms with Gasteiger partial charge in [0, 0.05) is 35.6 Å². The van der Waals surface area contributed by atoms with Crippen LogP contribution < -0.4 is 5.32 Å². The molecule has 1 atom stereocenters. The minimum atomic E-state index is -4.09. The second-order valence-electron chi connectivity index (χ2n) is 6.84. The molecule has 0 rings (SSSR count). The average molecular weight is 399 g/mol. The van der Waals surface area contributed by atoms with Crippen LogP contribution in [0.1, 0.15) is 90.4 Å². The second kappa shape index (κ2) is 18.5. The first kappa shape index (κ1) is 28.3. The standard InChI is InChI=1S/C19H37NO4S.Na/c1-3-5-6-7-8-9-10-11-12-13-14-15-16-18(17-25(22,23)24)20-19(21)4-2;/h4,18H,2-3,5-17H2,1H3,(H,20,21)(H,22,23,24);. The van der Waals surface area contributed by atoms with Crippen molar-refractivity contribution in [2.24, 2.45) is 0 Å². The van der Waals surface area contributed by atoms with Gasteiger partial charge in [0.05, 0.1) is 5.75 Å². The number of hydrogen-bond donors (Lipinski definition) is 2. The molecule has 0 aromatic carbocycles. The third-order valence-electron chi connectivity index (χ3n) is 4.35. The molecule has 0 spiro atoms. The molecule has 2 N–H and O–H groups in total. The van der Waals surface area contributed by atoms with Crippen molar-refractivity contribution in [3.63, 3.8) is 0 Å². The first-order chi connectivity index (χ1) is 11.9. The molecule has 26 heavy (non-hydrogen) atoms. The monoisotopic (exact) mass is 398 g/mol. The van der Waals surface area contributed by atoms with Gasteiger partial charge in [0.1, 0.15) is 0 Å². The van der Waals surface area contributed by atoms with Gasteiger partial charge in [-0.3, -0.25) is 9.35 Å². The van der Waals surface area contributed by atoms with E-state index in [2.05, 4.69) is 18.8 Å². The summed E-state index contributed by atoms with van der Waals surface area (Å²) >= 11 is 0. The molecule has 1 radical (unpaired) electrons. The molecule has 149 valence electrons. The summed E-state index contributed by atoms with van der Waals surface area (Å²) in [6.45, 7) is 5.59. The van der Waals surface area contributed by atoms with E-state index in [0.29, 0.717) is 6.42 Å². The molecule has 0 heterocycles. The van der Waals surface area contributed by atoms with Gasteiger partial charge in [0.25, 0.3) is 10.1 Å². The van der Waals surface area contributed by atoms with Crippen LogP contribution in [0.4, 0.5) is 0 Å². The molecule has 0 aliphatic carbocycles. The van der Waals surface area contributed by atoms with Gasteiger partial charge in [-0.2, -0.15) is 8.42 Å². The Bertz CT molecular complexity index is 454. The topological polar surface area (TPSA) is 83.5 Å². The number of unbranched alkanes of at least 4 members (excludes halogenated alkanes) is 11. The number of carbonyl (C=O) groups excluding carboxylic acids is 1. The van der Waals surface area contributed by atoms with Crippen LogP contribution in [0.25, 0.3) is 0 Å². The smallest absolute Gasteiger partial charge is 0.266 e. The van der Waals surface area contributed by atoms with Gasteiger partial charge in [-0.05, 0) is 12.5 Å². The number of carbonyl (C=O) groups is 1. The molecule has 7 heteroatoms. The zero-order valence-corrected chi connectivity index (χ0v) is 19.7. The van der Waals surface area contributed by atoms with Crippen molar-refractivity contribution in [1.29, 1.82) is 0 Å². The molecule has 0 bridgehead atoms. The van der Waals surface area contributed by atoms with Gasteiger partial charge in [-0.1, -0.05) is 90.6 Å². The second-order valence-corrected chi connectivity index (χ2v) is 8.33. The fourth-order valence-corrected chi connectivity index (χ4v) is 3.70. The van der Waals surface area contributed by atoms with E-state index in [1.165, 1.54) is 57.8 Å². The van der Waals surface area contributed by atoms with Crippen molar-refractivity contribution in [1.82, 2.24) is 5.32 Å². The molecule has 0 fully saturated rings. The van der Waals surface area contributed by atoms with Crippen molar-refractivity contribution in [2.75, 3.05) is 5.75 Å². The van der Waals surface area contributed by atoms with E-state index in [1.54, 1.807) is 0 Å². The molecule has 0 aromatic heterocycles. The summed E-state index contributed by atoms with van der Waals surface area (Å²) in [5.41, 5.74) is 0. The number of hydrogen-bond acceptors (Lipinski definition) is 3. The van der Waals surface area contributed by atoms with Gasteiger partial charge in [-0.15, -0.1) is 0 Å². The summed E-state index contributed by atoms with van der Waals surface area (Å²) in [4.78, 5) is 11.3. The predicted octanol–water partition coefficient (Wildman–Crippen LogP) is 4.26. The van der Waals surface area contributed by atoms with Crippen LogP contribution in [0.2, 0.25) is 0 Å². The summed E-state index contributed by atoms with van der Waals surface area (Å²) in [5.74, 6) is -0.850. The van der Waals surface area contributed by atoms with Crippen molar-refractivity contribution >= 4 is 45.6 Å². The Hall–Kier alpha value is 0.120. The minimum absolute atomic E-state index is 0. The fourth-order valence-electron chi connectivity index (χ4n) is 2.94. The Morgan fingerprint density at radius 3 is 1.77 bits per heavy atom. The van der Waals surface area contributed by atoms with Crippen LogP contribution in [0.15, 0.2) is 12.7 Å². The van der Waals surface area contributed by atoms with E-state index in [0.717, 1.165) is 25.3 Å². The molecule has 1 amide bonds. The molecule has 0 saturated heterocycles. The third kappa shape index (κ3) is 20.4. The average Bonchev–Trinajstić information content (AvgIpc) is 2.54. The molecule has 0 aromatic rings. The first-order valence-electron chi connectivity index (χ1n) is 9.77. The van der Waals surface area contributed by atoms with Crippen LogP contribution in [0, 0.1) is 0 Å². The van der Waals surface area contributed by atoms with Crippen LogP contribution in [-0.4, -0.2) is 60.2 Å². The Balaban J connectivity index is 0. The summed E-state index contributed by atoms with van der Waals surface area (Å²) < 4.78 is 31.0. The van der Waals surface area contributed by atoms with E-state index in [9.17, 15) is 13.2 Å². The van der Waals surface area contributed by atoms with Gasteiger partial charge in [0.15, 0.2) is 0 Å². The Kier molecular flexibility index (Phi) is 20.1. The van der Waals surface area contributed by atoms with Crippen molar-refractivity contribution in [3.05, 3.63) is 12.7 Å². The Labute approximate surface area is 182 Å². The number of nitrogens with one attached hydrogen (secondary N) is 1. The van der Waals surface area contributed by atoms with E-state index in [-0.39, 0.29) is 29.6 Å². The predicted molar refractivity (Wildman–Crippen MR) is 110 cm³/mol. The number of amides is 1. The van der Waals surface area contributed by atoms with Crippen molar-refractivity contribution in [2.45, 2.75) is 96.4 Å². The first-order valence-corrected chi connectivity index (χ1v) is 11.4. The van der Waals surface area contributed by atoms with Gasteiger partial charge < -0.3 is 5.32 Å². The van der Waals surface area contributed by atoms with E-state index in [4.69, 9.17) is 4.55 Å². The fraction of sp³-hybridized carbons (Fsp3) is 0.842. The Morgan fingerprint density at radius 1 is 0.962 bits per heavy atom.